The molecular formula is C16H23N5O2S. The van der Waals surface area contributed by atoms with Crippen LogP contribution in [0.4, 0.5) is 11.8 Å². The third-order valence-electron chi connectivity index (χ3n) is 3.24. The summed E-state index contributed by atoms with van der Waals surface area (Å²) in [6, 6.07) is 8.59. The molecule has 130 valence electrons. The van der Waals surface area contributed by atoms with E-state index in [2.05, 4.69) is 25.3 Å². The zero-order valence-corrected chi connectivity index (χ0v) is 14.9. The van der Waals surface area contributed by atoms with Crippen LogP contribution in [-0.4, -0.2) is 38.0 Å². The Bertz CT molecular complexity index is 776. The number of hydrogen-bond acceptors (Lipinski definition) is 6. The van der Waals surface area contributed by atoms with Crippen molar-refractivity contribution in [3.63, 3.8) is 0 Å². The molecule has 2 rings (SSSR count). The van der Waals surface area contributed by atoms with Crippen LogP contribution >= 0.6 is 0 Å². The van der Waals surface area contributed by atoms with E-state index in [0.29, 0.717) is 12.5 Å². The highest BCUT2D eigenvalue weighted by atomic mass is 32.2. The first-order valence-corrected chi connectivity index (χ1v) is 9.29. The molecule has 3 N–H and O–H groups in total. The Morgan fingerprint density at radius 1 is 1.00 bits per heavy atom. The highest BCUT2D eigenvalue weighted by molar-refractivity contribution is 7.89. The molecule has 0 aliphatic carbocycles. The van der Waals surface area contributed by atoms with Gasteiger partial charge in [0, 0.05) is 31.4 Å². The van der Waals surface area contributed by atoms with Gasteiger partial charge in [-0.05, 0) is 32.9 Å². The lowest BCUT2D eigenvalue weighted by molar-refractivity contribution is 0.583. The Morgan fingerprint density at radius 2 is 1.71 bits per heavy atom. The largest absolute Gasteiger partial charge is 0.370 e. The van der Waals surface area contributed by atoms with Gasteiger partial charge in [-0.2, -0.15) is 4.98 Å². The maximum absolute atomic E-state index is 12.2. The number of sulfonamides is 1. The zero-order valence-electron chi connectivity index (χ0n) is 14.1. The first kappa shape index (κ1) is 18.2. The van der Waals surface area contributed by atoms with Crippen molar-refractivity contribution in [2.24, 2.45) is 0 Å². The van der Waals surface area contributed by atoms with Crippen molar-refractivity contribution in [3.8, 4) is 0 Å². The molecule has 0 fully saturated rings. The summed E-state index contributed by atoms with van der Waals surface area (Å²) in [7, 11) is -3.50. The fourth-order valence-electron chi connectivity index (χ4n) is 2.08. The lowest BCUT2D eigenvalue weighted by atomic mass is 10.2. The molecule has 0 aliphatic heterocycles. The third-order valence-corrected chi connectivity index (χ3v) is 4.72. The molecule has 0 saturated carbocycles. The molecule has 0 atom stereocenters. The molecule has 0 bridgehead atoms. The number of nitrogens with one attached hydrogen (secondary N) is 3. The topological polar surface area (TPSA) is 96.0 Å². The summed E-state index contributed by atoms with van der Waals surface area (Å²) in [5.41, 5.74) is 1.85. The Hall–Kier alpha value is -2.19. The number of anilines is 2. The molecule has 1 aromatic heterocycles. The zero-order chi connectivity index (χ0) is 17.6. The minimum atomic E-state index is -3.50. The van der Waals surface area contributed by atoms with E-state index in [1.807, 2.05) is 26.8 Å². The molecule has 1 heterocycles. The molecular weight excluding hydrogens is 326 g/mol. The van der Waals surface area contributed by atoms with Crippen molar-refractivity contribution in [2.75, 3.05) is 30.3 Å². The maximum atomic E-state index is 12.2. The average molecular weight is 349 g/mol. The highest BCUT2D eigenvalue weighted by Gasteiger charge is 2.12. The van der Waals surface area contributed by atoms with E-state index < -0.39 is 10.0 Å². The first-order valence-electron chi connectivity index (χ1n) is 7.80. The molecule has 0 spiro atoms. The number of benzene rings is 1. The Morgan fingerprint density at radius 3 is 2.38 bits per heavy atom. The van der Waals surface area contributed by atoms with Crippen molar-refractivity contribution >= 4 is 21.8 Å². The van der Waals surface area contributed by atoms with Crippen LogP contribution in [0.15, 0.2) is 35.2 Å². The van der Waals surface area contributed by atoms with Crippen LogP contribution < -0.4 is 15.4 Å². The van der Waals surface area contributed by atoms with Crippen LogP contribution in [0, 0.1) is 13.8 Å². The maximum Gasteiger partial charge on any atom is 0.240 e. The van der Waals surface area contributed by atoms with Gasteiger partial charge in [0.15, 0.2) is 0 Å². The molecule has 0 unspecified atom stereocenters. The number of nitrogens with zero attached hydrogens (tertiary/aromatic N) is 2. The summed E-state index contributed by atoms with van der Waals surface area (Å²) in [5, 5.41) is 6.16. The normalized spacial score (nSPS) is 11.3. The molecule has 8 heteroatoms. The quantitative estimate of drug-likeness (QED) is 0.630. The summed E-state index contributed by atoms with van der Waals surface area (Å²) in [6.45, 7) is 7.19. The summed E-state index contributed by atoms with van der Waals surface area (Å²) < 4.78 is 26.9. The van der Waals surface area contributed by atoms with Crippen LogP contribution in [0.25, 0.3) is 0 Å². The van der Waals surface area contributed by atoms with Gasteiger partial charge >= 0.3 is 0 Å². The van der Waals surface area contributed by atoms with Crippen molar-refractivity contribution in [1.82, 2.24) is 14.7 Å². The van der Waals surface area contributed by atoms with E-state index in [1.165, 1.54) is 0 Å². The molecule has 1 aromatic carbocycles. The summed E-state index contributed by atoms with van der Waals surface area (Å²) >= 11 is 0. The second-order valence-electron chi connectivity index (χ2n) is 5.39. The summed E-state index contributed by atoms with van der Waals surface area (Å²) in [5.74, 6) is 1.22. The van der Waals surface area contributed by atoms with E-state index in [1.54, 1.807) is 24.3 Å². The Kier molecular flexibility index (Phi) is 6.10. The van der Waals surface area contributed by atoms with Gasteiger partial charge in [-0.15, -0.1) is 0 Å². The monoisotopic (exact) mass is 349 g/mol. The molecule has 7 nitrogen and oxygen atoms in total. The van der Waals surface area contributed by atoms with Crippen LogP contribution in [0.2, 0.25) is 0 Å². The molecule has 0 saturated heterocycles. The van der Waals surface area contributed by atoms with Crippen LogP contribution in [0.1, 0.15) is 18.2 Å². The van der Waals surface area contributed by atoms with E-state index in [9.17, 15) is 8.42 Å². The number of rotatable bonds is 8. The van der Waals surface area contributed by atoms with E-state index in [-0.39, 0.29) is 11.4 Å². The fraction of sp³-hybridized carbons (Fsp3) is 0.375. The minimum absolute atomic E-state index is 0.240. The Balaban J connectivity index is 1.89. The number of aryl methyl sites for hydroxylation is 2. The van der Waals surface area contributed by atoms with Crippen LogP contribution in [-0.2, 0) is 10.0 Å². The van der Waals surface area contributed by atoms with Gasteiger partial charge in [-0.3, -0.25) is 0 Å². The second-order valence-corrected chi connectivity index (χ2v) is 7.15. The van der Waals surface area contributed by atoms with Gasteiger partial charge in [-0.25, -0.2) is 18.1 Å². The SMILES string of the molecule is CCNc1cc(C)nc(NCCNS(=O)(=O)c2ccc(C)cc2)n1. The summed E-state index contributed by atoms with van der Waals surface area (Å²) in [6.07, 6.45) is 0. The average Bonchev–Trinajstić information content (AvgIpc) is 2.52. The lowest BCUT2D eigenvalue weighted by Gasteiger charge is -2.10. The van der Waals surface area contributed by atoms with Crippen molar-refractivity contribution in [2.45, 2.75) is 25.7 Å². The van der Waals surface area contributed by atoms with Gasteiger partial charge in [0.05, 0.1) is 4.90 Å². The van der Waals surface area contributed by atoms with E-state index in [0.717, 1.165) is 23.6 Å². The fourth-order valence-corrected chi connectivity index (χ4v) is 3.11. The van der Waals surface area contributed by atoms with Gasteiger partial charge in [0.25, 0.3) is 0 Å². The van der Waals surface area contributed by atoms with Crippen molar-refractivity contribution in [3.05, 3.63) is 41.6 Å². The third kappa shape index (κ3) is 5.17. The first-order chi connectivity index (χ1) is 11.4. The van der Waals surface area contributed by atoms with Gasteiger partial charge in [-0.1, -0.05) is 17.7 Å². The standard InChI is InChI=1S/C16H23N5O2S/c1-4-17-15-11-13(3)20-16(21-15)18-9-10-19-24(22,23)14-7-5-12(2)6-8-14/h5-8,11,19H,4,9-10H2,1-3H3,(H2,17,18,20,21). The smallest absolute Gasteiger partial charge is 0.240 e. The van der Waals surface area contributed by atoms with Crippen molar-refractivity contribution < 1.29 is 8.42 Å². The molecule has 0 amide bonds. The van der Waals surface area contributed by atoms with Gasteiger partial charge in [0.1, 0.15) is 5.82 Å². The van der Waals surface area contributed by atoms with Crippen LogP contribution in [0.5, 0.6) is 0 Å². The Labute approximate surface area is 143 Å². The highest BCUT2D eigenvalue weighted by Crippen LogP contribution is 2.10. The van der Waals surface area contributed by atoms with Gasteiger partial charge in [0.2, 0.25) is 16.0 Å². The molecule has 2 aromatic rings. The number of aromatic nitrogens is 2. The molecule has 0 aliphatic rings. The van der Waals surface area contributed by atoms with Crippen molar-refractivity contribution in [1.29, 1.82) is 0 Å². The summed E-state index contributed by atoms with van der Waals surface area (Å²) in [4.78, 5) is 8.85. The second kappa shape index (κ2) is 8.07. The number of hydrogen-bond donors (Lipinski definition) is 3. The van der Waals surface area contributed by atoms with E-state index in [4.69, 9.17) is 0 Å². The van der Waals surface area contributed by atoms with Crippen LogP contribution in [0.3, 0.4) is 0 Å². The lowest BCUT2D eigenvalue weighted by Crippen LogP contribution is -2.29. The predicted molar refractivity (Wildman–Crippen MR) is 95.8 cm³/mol. The molecule has 0 radical (unpaired) electrons. The van der Waals surface area contributed by atoms with Gasteiger partial charge < -0.3 is 10.6 Å². The predicted octanol–water partition coefficient (Wildman–Crippen LogP) is 1.92. The molecule has 24 heavy (non-hydrogen) atoms. The van der Waals surface area contributed by atoms with E-state index >= 15 is 0 Å². The minimum Gasteiger partial charge on any atom is -0.370 e.